The van der Waals surface area contributed by atoms with Crippen molar-refractivity contribution >= 4 is 0 Å². The molecule has 0 saturated carbocycles. The zero-order valence-corrected chi connectivity index (χ0v) is 15.4. The van der Waals surface area contributed by atoms with Crippen LogP contribution in [0, 0.1) is 0 Å². The highest BCUT2D eigenvalue weighted by atomic mass is 15.2. The highest BCUT2D eigenvalue weighted by molar-refractivity contribution is 5.29. The van der Waals surface area contributed by atoms with E-state index in [1.165, 1.54) is 35.4 Å². The topological polar surface area (TPSA) is 60.6 Å². The maximum atomic E-state index is 4.34. The molecular formula is C21H27N5. The van der Waals surface area contributed by atoms with Gasteiger partial charge in [0, 0.05) is 30.3 Å². The molecule has 4 rings (SSSR count). The van der Waals surface area contributed by atoms with Crippen LogP contribution in [0.4, 0.5) is 0 Å². The Labute approximate surface area is 154 Å². The van der Waals surface area contributed by atoms with Gasteiger partial charge in [-0.2, -0.15) is 10.2 Å². The van der Waals surface area contributed by atoms with Gasteiger partial charge in [0.25, 0.3) is 0 Å². The molecular weight excluding hydrogens is 322 g/mol. The first-order chi connectivity index (χ1) is 12.8. The Balaban J connectivity index is 1.35. The standard InChI is InChI=1S/C21H27N5/c1-2-19-13-20(24-23-19)15-26-10-8-17(9-11-26)21-18(14-22-25-21)12-16-6-4-3-5-7-16/h3-7,13-14,17H,2,8-12,15H2,1H3,(H,22,25)(H,23,24). The average molecular weight is 349 g/mol. The van der Waals surface area contributed by atoms with Gasteiger partial charge in [-0.05, 0) is 49.5 Å². The Kier molecular flexibility index (Phi) is 5.16. The molecule has 26 heavy (non-hydrogen) atoms. The number of aromatic amines is 2. The summed E-state index contributed by atoms with van der Waals surface area (Å²) in [7, 11) is 0. The van der Waals surface area contributed by atoms with E-state index in [0.717, 1.165) is 38.2 Å². The Bertz CT molecular complexity index is 812. The Morgan fingerprint density at radius 3 is 2.65 bits per heavy atom. The molecule has 0 radical (unpaired) electrons. The molecule has 0 atom stereocenters. The highest BCUT2D eigenvalue weighted by Gasteiger charge is 2.24. The molecule has 2 aromatic heterocycles. The largest absolute Gasteiger partial charge is 0.297 e. The van der Waals surface area contributed by atoms with Gasteiger partial charge >= 0.3 is 0 Å². The number of hydrogen-bond acceptors (Lipinski definition) is 3. The van der Waals surface area contributed by atoms with E-state index in [9.17, 15) is 0 Å². The predicted molar refractivity (Wildman–Crippen MR) is 103 cm³/mol. The molecule has 1 aromatic carbocycles. The summed E-state index contributed by atoms with van der Waals surface area (Å²) in [5.41, 5.74) is 6.40. The molecule has 2 N–H and O–H groups in total. The van der Waals surface area contributed by atoms with E-state index < -0.39 is 0 Å². The quantitative estimate of drug-likeness (QED) is 0.714. The van der Waals surface area contributed by atoms with Crippen LogP contribution in [0.1, 0.15) is 53.9 Å². The normalized spacial score (nSPS) is 16.2. The molecule has 5 nitrogen and oxygen atoms in total. The van der Waals surface area contributed by atoms with Crippen LogP contribution in [0.2, 0.25) is 0 Å². The molecule has 0 unspecified atom stereocenters. The fourth-order valence-corrected chi connectivity index (χ4v) is 3.92. The van der Waals surface area contributed by atoms with Gasteiger partial charge in [-0.1, -0.05) is 37.3 Å². The molecule has 1 aliphatic heterocycles. The molecule has 0 amide bonds. The average Bonchev–Trinajstić information content (AvgIpc) is 3.33. The van der Waals surface area contributed by atoms with Crippen molar-refractivity contribution in [2.24, 2.45) is 0 Å². The van der Waals surface area contributed by atoms with Crippen molar-refractivity contribution in [2.75, 3.05) is 13.1 Å². The smallest absolute Gasteiger partial charge is 0.0622 e. The third-order valence-corrected chi connectivity index (χ3v) is 5.42. The van der Waals surface area contributed by atoms with Gasteiger partial charge in [0.2, 0.25) is 0 Å². The van der Waals surface area contributed by atoms with Gasteiger partial charge in [0.1, 0.15) is 0 Å². The first-order valence-electron chi connectivity index (χ1n) is 9.63. The molecule has 5 heteroatoms. The van der Waals surface area contributed by atoms with Crippen LogP contribution in [-0.4, -0.2) is 38.4 Å². The van der Waals surface area contributed by atoms with Crippen LogP contribution < -0.4 is 0 Å². The summed E-state index contributed by atoms with van der Waals surface area (Å²) in [4.78, 5) is 2.52. The van der Waals surface area contributed by atoms with Crippen molar-refractivity contribution in [1.29, 1.82) is 0 Å². The second-order valence-corrected chi connectivity index (χ2v) is 7.26. The lowest BCUT2D eigenvalue weighted by atomic mass is 9.89. The number of aryl methyl sites for hydroxylation is 1. The molecule has 3 aromatic rings. The number of rotatable bonds is 6. The maximum Gasteiger partial charge on any atom is 0.0622 e. The fraction of sp³-hybridized carbons (Fsp3) is 0.429. The highest BCUT2D eigenvalue weighted by Crippen LogP contribution is 2.30. The number of benzene rings is 1. The maximum absolute atomic E-state index is 4.34. The number of H-pyrrole nitrogens is 2. The van der Waals surface area contributed by atoms with E-state index in [2.05, 4.69) is 68.6 Å². The summed E-state index contributed by atoms with van der Waals surface area (Å²) < 4.78 is 0. The summed E-state index contributed by atoms with van der Waals surface area (Å²) >= 11 is 0. The minimum absolute atomic E-state index is 0.584. The summed E-state index contributed by atoms with van der Waals surface area (Å²) in [5, 5.41) is 15.1. The lowest BCUT2D eigenvalue weighted by Gasteiger charge is -2.31. The third-order valence-electron chi connectivity index (χ3n) is 5.42. The van der Waals surface area contributed by atoms with E-state index in [-0.39, 0.29) is 0 Å². The number of likely N-dealkylation sites (tertiary alicyclic amines) is 1. The van der Waals surface area contributed by atoms with Gasteiger partial charge in [-0.25, -0.2) is 0 Å². The van der Waals surface area contributed by atoms with Gasteiger partial charge in [-0.15, -0.1) is 0 Å². The van der Waals surface area contributed by atoms with E-state index in [1.807, 2.05) is 6.20 Å². The van der Waals surface area contributed by atoms with Crippen LogP contribution >= 0.6 is 0 Å². The van der Waals surface area contributed by atoms with Crippen LogP contribution in [0.3, 0.4) is 0 Å². The first-order valence-corrected chi connectivity index (χ1v) is 9.63. The zero-order valence-electron chi connectivity index (χ0n) is 15.4. The van der Waals surface area contributed by atoms with Gasteiger partial charge in [-0.3, -0.25) is 15.1 Å². The number of aromatic nitrogens is 4. The summed E-state index contributed by atoms with van der Waals surface area (Å²) in [6.07, 6.45) is 6.31. The monoisotopic (exact) mass is 349 g/mol. The van der Waals surface area contributed by atoms with Crippen LogP contribution in [0.25, 0.3) is 0 Å². The molecule has 1 saturated heterocycles. The van der Waals surface area contributed by atoms with Crippen LogP contribution in [-0.2, 0) is 19.4 Å². The summed E-state index contributed by atoms with van der Waals surface area (Å²) in [5.74, 6) is 0.584. The number of hydrogen-bond donors (Lipinski definition) is 2. The SMILES string of the molecule is CCc1cc(CN2CCC(c3[nH]ncc3Cc3ccccc3)CC2)[nH]n1. The van der Waals surface area contributed by atoms with Crippen molar-refractivity contribution in [3.05, 3.63) is 70.8 Å². The van der Waals surface area contributed by atoms with Gasteiger partial charge in [0.05, 0.1) is 11.9 Å². The van der Waals surface area contributed by atoms with Crippen molar-refractivity contribution in [2.45, 2.75) is 45.1 Å². The lowest BCUT2D eigenvalue weighted by Crippen LogP contribution is -2.33. The Morgan fingerprint density at radius 2 is 1.92 bits per heavy atom. The van der Waals surface area contributed by atoms with Gasteiger partial charge in [0.15, 0.2) is 0 Å². The summed E-state index contributed by atoms with van der Waals surface area (Å²) in [6, 6.07) is 12.8. The molecule has 1 aliphatic rings. The van der Waals surface area contributed by atoms with Gasteiger partial charge < -0.3 is 0 Å². The van der Waals surface area contributed by atoms with Crippen molar-refractivity contribution in [3.63, 3.8) is 0 Å². The lowest BCUT2D eigenvalue weighted by molar-refractivity contribution is 0.201. The second-order valence-electron chi connectivity index (χ2n) is 7.26. The molecule has 1 fully saturated rings. The van der Waals surface area contributed by atoms with E-state index in [1.54, 1.807) is 0 Å². The van der Waals surface area contributed by atoms with E-state index in [0.29, 0.717) is 5.92 Å². The minimum Gasteiger partial charge on any atom is -0.297 e. The Morgan fingerprint density at radius 1 is 1.12 bits per heavy atom. The molecule has 0 spiro atoms. The molecule has 136 valence electrons. The van der Waals surface area contributed by atoms with E-state index >= 15 is 0 Å². The van der Waals surface area contributed by atoms with E-state index in [4.69, 9.17) is 0 Å². The number of piperidine rings is 1. The fourth-order valence-electron chi connectivity index (χ4n) is 3.92. The van der Waals surface area contributed by atoms with Crippen molar-refractivity contribution < 1.29 is 0 Å². The molecule has 0 bridgehead atoms. The van der Waals surface area contributed by atoms with Crippen LogP contribution in [0.5, 0.6) is 0 Å². The molecule has 0 aliphatic carbocycles. The second kappa shape index (κ2) is 7.87. The third kappa shape index (κ3) is 3.88. The first kappa shape index (κ1) is 17.0. The molecule has 3 heterocycles. The number of nitrogens with zero attached hydrogens (tertiary/aromatic N) is 3. The van der Waals surface area contributed by atoms with Crippen molar-refractivity contribution in [3.8, 4) is 0 Å². The Hall–Kier alpha value is -2.40. The van der Waals surface area contributed by atoms with Crippen molar-refractivity contribution in [1.82, 2.24) is 25.3 Å². The predicted octanol–water partition coefficient (Wildman–Crippen LogP) is 3.67. The van der Waals surface area contributed by atoms with Crippen LogP contribution in [0.15, 0.2) is 42.6 Å². The zero-order chi connectivity index (χ0) is 17.8. The summed E-state index contributed by atoms with van der Waals surface area (Å²) in [6.45, 7) is 5.35. The minimum atomic E-state index is 0.584. The number of nitrogens with one attached hydrogen (secondary N) is 2.